The second-order valence-corrected chi connectivity index (χ2v) is 8.57. The van der Waals surface area contributed by atoms with E-state index in [0.717, 1.165) is 11.3 Å². The lowest BCUT2D eigenvalue weighted by atomic mass is 9.93. The van der Waals surface area contributed by atoms with Crippen LogP contribution in [0.15, 0.2) is 39.9 Å². The first-order valence-corrected chi connectivity index (χ1v) is 9.06. The fourth-order valence-electron chi connectivity index (χ4n) is 2.34. The second-order valence-electron chi connectivity index (χ2n) is 5.71. The molecule has 7 heteroatoms. The molecule has 0 saturated heterocycles. The number of carbonyl (C=O) groups excluding carboxylic acids is 1. The molecule has 0 fully saturated rings. The average Bonchev–Trinajstić information content (AvgIpc) is 2.93. The van der Waals surface area contributed by atoms with E-state index in [9.17, 15) is 13.2 Å². The third kappa shape index (κ3) is 2.86. The van der Waals surface area contributed by atoms with Crippen molar-refractivity contribution in [3.8, 4) is 5.75 Å². The summed E-state index contributed by atoms with van der Waals surface area (Å²) in [6, 6.07) is 7.95. The van der Waals surface area contributed by atoms with Gasteiger partial charge in [-0.1, -0.05) is 6.07 Å². The number of thiophene rings is 1. The molecule has 0 radical (unpaired) electrons. The van der Waals surface area contributed by atoms with Gasteiger partial charge in [-0.2, -0.15) is 0 Å². The lowest BCUT2D eigenvalue weighted by molar-refractivity contribution is 0.0620. The molecule has 1 aromatic carbocycles. The molecule has 5 nitrogen and oxygen atoms in total. The van der Waals surface area contributed by atoms with Gasteiger partial charge in [0, 0.05) is 5.69 Å². The van der Waals surface area contributed by atoms with Crippen molar-refractivity contribution < 1.29 is 17.9 Å². The SMILES string of the molecule is CC1(C)CC(=O)c2cc(NS(=O)(=O)c3cccs3)ccc2O1. The maximum absolute atomic E-state index is 12.2. The van der Waals surface area contributed by atoms with Gasteiger partial charge < -0.3 is 4.74 Å². The Morgan fingerprint density at radius 3 is 2.73 bits per heavy atom. The van der Waals surface area contributed by atoms with E-state index < -0.39 is 15.6 Å². The van der Waals surface area contributed by atoms with Gasteiger partial charge in [-0.15, -0.1) is 11.3 Å². The van der Waals surface area contributed by atoms with Crippen LogP contribution in [-0.4, -0.2) is 19.8 Å². The molecule has 0 aliphatic carbocycles. The molecule has 1 aromatic heterocycles. The van der Waals surface area contributed by atoms with Crippen LogP contribution < -0.4 is 9.46 Å². The quantitative estimate of drug-likeness (QED) is 0.933. The number of fused-ring (bicyclic) bond motifs is 1. The summed E-state index contributed by atoms with van der Waals surface area (Å²) in [5, 5.41) is 1.70. The van der Waals surface area contributed by atoms with Gasteiger partial charge in [-0.3, -0.25) is 9.52 Å². The van der Waals surface area contributed by atoms with Crippen molar-refractivity contribution in [2.45, 2.75) is 30.1 Å². The Hall–Kier alpha value is -1.86. The number of rotatable bonds is 3. The van der Waals surface area contributed by atoms with Gasteiger partial charge in [-0.25, -0.2) is 8.42 Å². The first kappa shape index (κ1) is 15.1. The Kier molecular flexibility index (Phi) is 3.49. The summed E-state index contributed by atoms with van der Waals surface area (Å²) in [7, 11) is -3.62. The maximum atomic E-state index is 12.2. The zero-order chi connectivity index (χ0) is 16.0. The summed E-state index contributed by atoms with van der Waals surface area (Å²) >= 11 is 1.14. The number of anilines is 1. The Labute approximate surface area is 133 Å². The van der Waals surface area contributed by atoms with E-state index in [1.807, 2.05) is 13.8 Å². The summed E-state index contributed by atoms with van der Waals surface area (Å²) < 4.78 is 32.9. The molecule has 1 N–H and O–H groups in total. The van der Waals surface area contributed by atoms with Crippen LogP contribution in [0.5, 0.6) is 5.75 Å². The number of ketones is 1. The molecule has 2 heterocycles. The van der Waals surface area contributed by atoms with E-state index in [1.54, 1.807) is 23.6 Å². The predicted octanol–water partition coefficient (Wildman–Crippen LogP) is 3.29. The fraction of sp³-hybridized carbons (Fsp3) is 0.267. The first-order chi connectivity index (χ1) is 10.3. The Morgan fingerprint density at radius 2 is 2.05 bits per heavy atom. The van der Waals surface area contributed by atoms with Gasteiger partial charge >= 0.3 is 0 Å². The van der Waals surface area contributed by atoms with Crippen LogP contribution in [0.4, 0.5) is 5.69 Å². The number of Topliss-reactive ketones (excluding diaryl/α,β-unsaturated/α-hetero) is 1. The first-order valence-electron chi connectivity index (χ1n) is 6.69. The minimum Gasteiger partial charge on any atom is -0.487 e. The van der Waals surface area contributed by atoms with Crippen molar-refractivity contribution in [3.63, 3.8) is 0 Å². The largest absolute Gasteiger partial charge is 0.487 e. The normalized spacial score (nSPS) is 16.7. The van der Waals surface area contributed by atoms with Crippen molar-refractivity contribution in [2.75, 3.05) is 4.72 Å². The third-order valence-corrected chi connectivity index (χ3v) is 6.04. The van der Waals surface area contributed by atoms with Crippen LogP contribution >= 0.6 is 11.3 Å². The molecule has 0 atom stereocenters. The number of ether oxygens (including phenoxy) is 1. The molecule has 1 aliphatic heterocycles. The van der Waals surface area contributed by atoms with E-state index in [2.05, 4.69) is 4.72 Å². The molecule has 22 heavy (non-hydrogen) atoms. The second kappa shape index (κ2) is 5.10. The van der Waals surface area contributed by atoms with E-state index in [1.165, 1.54) is 12.1 Å². The summed E-state index contributed by atoms with van der Waals surface area (Å²) in [4.78, 5) is 12.2. The summed E-state index contributed by atoms with van der Waals surface area (Å²) in [6.45, 7) is 3.70. The molecule has 1 aliphatic rings. The minimum absolute atomic E-state index is 0.0524. The molecule has 0 amide bonds. The highest BCUT2D eigenvalue weighted by molar-refractivity contribution is 7.94. The summed E-state index contributed by atoms with van der Waals surface area (Å²) in [5.74, 6) is 0.434. The van der Waals surface area contributed by atoms with E-state index in [4.69, 9.17) is 4.74 Å². The van der Waals surface area contributed by atoms with Crippen molar-refractivity contribution in [1.29, 1.82) is 0 Å². The Bertz CT molecular complexity index is 823. The maximum Gasteiger partial charge on any atom is 0.271 e. The van der Waals surface area contributed by atoms with Gasteiger partial charge in [0.05, 0.1) is 12.0 Å². The lowest BCUT2D eigenvalue weighted by Gasteiger charge is -2.31. The summed E-state index contributed by atoms with van der Waals surface area (Å²) in [5.41, 5.74) is 0.219. The molecule has 116 valence electrons. The predicted molar refractivity (Wildman–Crippen MR) is 85.2 cm³/mol. The van der Waals surface area contributed by atoms with E-state index >= 15 is 0 Å². The molecule has 0 saturated carbocycles. The topological polar surface area (TPSA) is 72.5 Å². The molecule has 0 bridgehead atoms. The smallest absolute Gasteiger partial charge is 0.271 e. The van der Waals surface area contributed by atoms with Crippen LogP contribution in [0.25, 0.3) is 0 Å². The van der Waals surface area contributed by atoms with Crippen LogP contribution in [0.1, 0.15) is 30.6 Å². The van der Waals surface area contributed by atoms with Gasteiger partial charge in [0.2, 0.25) is 0 Å². The van der Waals surface area contributed by atoms with Crippen molar-refractivity contribution >= 4 is 32.8 Å². The number of nitrogens with one attached hydrogen (secondary N) is 1. The van der Waals surface area contributed by atoms with Crippen LogP contribution in [0, 0.1) is 0 Å². The number of sulfonamides is 1. The van der Waals surface area contributed by atoms with Gasteiger partial charge in [-0.05, 0) is 43.5 Å². The molecule has 0 unspecified atom stereocenters. The highest BCUT2D eigenvalue weighted by Crippen LogP contribution is 2.35. The zero-order valence-electron chi connectivity index (χ0n) is 12.1. The van der Waals surface area contributed by atoms with Gasteiger partial charge in [0.25, 0.3) is 10.0 Å². The highest BCUT2D eigenvalue weighted by Gasteiger charge is 2.32. The number of hydrogen-bond acceptors (Lipinski definition) is 5. The van der Waals surface area contributed by atoms with Crippen molar-refractivity contribution in [3.05, 3.63) is 41.3 Å². The number of carbonyl (C=O) groups is 1. The fourth-order valence-corrected chi connectivity index (χ4v) is 4.38. The zero-order valence-corrected chi connectivity index (χ0v) is 13.8. The number of benzene rings is 1. The summed E-state index contributed by atoms with van der Waals surface area (Å²) in [6.07, 6.45) is 0.265. The van der Waals surface area contributed by atoms with E-state index in [0.29, 0.717) is 17.0 Å². The molecule has 0 spiro atoms. The Balaban J connectivity index is 1.92. The Morgan fingerprint density at radius 1 is 1.27 bits per heavy atom. The van der Waals surface area contributed by atoms with Crippen molar-refractivity contribution in [1.82, 2.24) is 0 Å². The highest BCUT2D eigenvalue weighted by atomic mass is 32.2. The molecule has 3 rings (SSSR count). The van der Waals surface area contributed by atoms with Crippen LogP contribution in [-0.2, 0) is 10.0 Å². The average molecular weight is 337 g/mol. The van der Waals surface area contributed by atoms with Gasteiger partial charge in [0.15, 0.2) is 5.78 Å². The lowest BCUT2D eigenvalue weighted by Crippen LogP contribution is -2.35. The molecule has 2 aromatic rings. The number of hydrogen-bond donors (Lipinski definition) is 1. The monoisotopic (exact) mass is 337 g/mol. The minimum atomic E-state index is -3.62. The standard InChI is InChI=1S/C15H15NO4S2/c1-15(2)9-12(17)11-8-10(5-6-13(11)20-15)16-22(18,19)14-4-3-7-21-14/h3-8,16H,9H2,1-2H3. The molecular formula is C15H15NO4S2. The molecular weight excluding hydrogens is 322 g/mol. The van der Waals surface area contributed by atoms with Crippen LogP contribution in [0.2, 0.25) is 0 Å². The van der Waals surface area contributed by atoms with Crippen LogP contribution in [0.3, 0.4) is 0 Å². The van der Waals surface area contributed by atoms with E-state index in [-0.39, 0.29) is 16.4 Å². The third-order valence-electron chi connectivity index (χ3n) is 3.26. The van der Waals surface area contributed by atoms with Crippen molar-refractivity contribution in [2.24, 2.45) is 0 Å². The van der Waals surface area contributed by atoms with Gasteiger partial charge in [0.1, 0.15) is 15.6 Å².